The molecule has 0 saturated carbocycles. The Morgan fingerprint density at radius 1 is 1.32 bits per heavy atom. The lowest BCUT2D eigenvalue weighted by molar-refractivity contribution is -0.157. The third kappa shape index (κ3) is 4.15. The van der Waals surface area contributed by atoms with Crippen LogP contribution in [0.15, 0.2) is 24.3 Å². The standard InChI is InChI=1S/C20H29NO4/c1-3-4-11-19(23)12-20(25-15-19)13-21(14-20)18(22)10-7-16-5-8-17(24-2)9-6-16/h5-6,8-9,23H,3-4,7,10-15H2,1-2H3. The first-order chi connectivity index (χ1) is 12.0. The van der Waals surface area contributed by atoms with E-state index in [9.17, 15) is 9.90 Å². The molecule has 0 bridgehead atoms. The molecule has 1 unspecified atom stereocenters. The van der Waals surface area contributed by atoms with Crippen LogP contribution in [0, 0.1) is 0 Å². The maximum Gasteiger partial charge on any atom is 0.223 e. The Balaban J connectivity index is 1.43. The van der Waals surface area contributed by atoms with Crippen LogP contribution in [-0.4, -0.2) is 53.9 Å². The third-order valence-corrected chi connectivity index (χ3v) is 5.39. The molecule has 25 heavy (non-hydrogen) atoms. The van der Waals surface area contributed by atoms with E-state index in [1.807, 2.05) is 29.2 Å². The van der Waals surface area contributed by atoms with E-state index in [4.69, 9.17) is 9.47 Å². The summed E-state index contributed by atoms with van der Waals surface area (Å²) in [7, 11) is 1.65. The van der Waals surface area contributed by atoms with Crippen LogP contribution in [0.3, 0.4) is 0 Å². The van der Waals surface area contributed by atoms with Crippen molar-refractivity contribution in [3.05, 3.63) is 29.8 Å². The molecule has 0 aliphatic carbocycles. The number of amides is 1. The Morgan fingerprint density at radius 2 is 2.04 bits per heavy atom. The molecule has 1 aromatic rings. The van der Waals surface area contributed by atoms with Gasteiger partial charge in [0.15, 0.2) is 0 Å². The van der Waals surface area contributed by atoms with E-state index in [0.717, 1.165) is 37.0 Å². The highest BCUT2D eigenvalue weighted by atomic mass is 16.5. The highest BCUT2D eigenvalue weighted by molar-refractivity contribution is 5.77. The van der Waals surface area contributed by atoms with Gasteiger partial charge in [0.1, 0.15) is 11.4 Å². The molecule has 138 valence electrons. The van der Waals surface area contributed by atoms with E-state index in [0.29, 0.717) is 32.5 Å². The summed E-state index contributed by atoms with van der Waals surface area (Å²) in [6.45, 7) is 3.76. The maximum atomic E-state index is 12.4. The van der Waals surface area contributed by atoms with Crippen molar-refractivity contribution in [1.82, 2.24) is 4.90 Å². The van der Waals surface area contributed by atoms with Crippen LogP contribution >= 0.6 is 0 Å². The molecule has 3 rings (SSSR count). The van der Waals surface area contributed by atoms with Crippen molar-refractivity contribution in [3.8, 4) is 5.75 Å². The number of methoxy groups -OCH3 is 1. The molecule has 1 N–H and O–H groups in total. The largest absolute Gasteiger partial charge is 0.497 e. The Hall–Kier alpha value is -1.59. The van der Waals surface area contributed by atoms with Gasteiger partial charge in [-0.05, 0) is 30.5 Å². The van der Waals surface area contributed by atoms with Crippen LogP contribution in [0.25, 0.3) is 0 Å². The number of carbonyl (C=O) groups is 1. The predicted molar refractivity (Wildman–Crippen MR) is 95.7 cm³/mol. The average Bonchev–Trinajstić information content (AvgIpc) is 2.96. The zero-order valence-electron chi connectivity index (χ0n) is 15.3. The maximum absolute atomic E-state index is 12.4. The Morgan fingerprint density at radius 3 is 2.68 bits per heavy atom. The normalized spacial score (nSPS) is 24.4. The third-order valence-electron chi connectivity index (χ3n) is 5.39. The van der Waals surface area contributed by atoms with Crippen molar-refractivity contribution in [2.45, 2.75) is 56.7 Å². The quantitative estimate of drug-likeness (QED) is 0.823. The van der Waals surface area contributed by atoms with Crippen molar-refractivity contribution in [1.29, 1.82) is 0 Å². The number of hydrogen-bond acceptors (Lipinski definition) is 4. The van der Waals surface area contributed by atoms with E-state index in [1.165, 1.54) is 0 Å². The zero-order chi connectivity index (χ0) is 17.9. The van der Waals surface area contributed by atoms with Crippen molar-refractivity contribution < 1.29 is 19.4 Å². The summed E-state index contributed by atoms with van der Waals surface area (Å²) in [6, 6.07) is 7.83. The molecule has 1 spiro atoms. The molecular formula is C20H29NO4. The number of carbonyl (C=O) groups excluding carboxylic acids is 1. The Kier molecular flexibility index (Phi) is 5.35. The smallest absolute Gasteiger partial charge is 0.223 e. The minimum absolute atomic E-state index is 0.161. The Labute approximate surface area is 149 Å². The molecule has 5 heteroatoms. The molecule has 0 radical (unpaired) electrons. The number of unbranched alkanes of at least 4 members (excludes halogenated alkanes) is 1. The molecular weight excluding hydrogens is 318 g/mol. The van der Waals surface area contributed by atoms with Gasteiger partial charge in [0, 0.05) is 12.8 Å². The van der Waals surface area contributed by atoms with Gasteiger partial charge in [-0.2, -0.15) is 0 Å². The van der Waals surface area contributed by atoms with Crippen molar-refractivity contribution >= 4 is 5.91 Å². The van der Waals surface area contributed by atoms with E-state index in [2.05, 4.69) is 6.92 Å². The first kappa shape index (κ1) is 18.2. The van der Waals surface area contributed by atoms with Gasteiger partial charge in [0.05, 0.1) is 32.4 Å². The highest BCUT2D eigenvalue weighted by Gasteiger charge is 2.55. The van der Waals surface area contributed by atoms with Crippen molar-refractivity contribution in [2.24, 2.45) is 0 Å². The minimum Gasteiger partial charge on any atom is -0.497 e. The van der Waals surface area contributed by atoms with Gasteiger partial charge in [-0.1, -0.05) is 31.9 Å². The van der Waals surface area contributed by atoms with Crippen molar-refractivity contribution in [2.75, 3.05) is 26.8 Å². The second kappa shape index (κ2) is 7.34. The molecule has 0 aromatic heterocycles. The first-order valence-electron chi connectivity index (χ1n) is 9.25. The number of aliphatic hydroxyl groups is 1. The fourth-order valence-corrected chi connectivity index (χ4v) is 3.89. The molecule has 2 aliphatic rings. The lowest BCUT2D eigenvalue weighted by Gasteiger charge is -2.47. The second-order valence-electron chi connectivity index (χ2n) is 7.57. The monoisotopic (exact) mass is 347 g/mol. The summed E-state index contributed by atoms with van der Waals surface area (Å²) in [5.74, 6) is 0.989. The summed E-state index contributed by atoms with van der Waals surface area (Å²) >= 11 is 0. The number of nitrogens with zero attached hydrogens (tertiary/aromatic N) is 1. The van der Waals surface area contributed by atoms with Crippen LogP contribution in [0.5, 0.6) is 5.75 Å². The van der Waals surface area contributed by atoms with E-state index < -0.39 is 5.60 Å². The van der Waals surface area contributed by atoms with Crippen LogP contribution in [0.2, 0.25) is 0 Å². The van der Waals surface area contributed by atoms with Crippen LogP contribution in [-0.2, 0) is 16.0 Å². The number of hydrogen-bond donors (Lipinski definition) is 1. The van der Waals surface area contributed by atoms with Gasteiger partial charge in [-0.25, -0.2) is 0 Å². The molecule has 2 aliphatic heterocycles. The highest BCUT2D eigenvalue weighted by Crippen LogP contribution is 2.42. The fourth-order valence-electron chi connectivity index (χ4n) is 3.89. The summed E-state index contributed by atoms with van der Waals surface area (Å²) in [5.41, 5.74) is 0.127. The zero-order valence-corrected chi connectivity index (χ0v) is 15.3. The summed E-state index contributed by atoms with van der Waals surface area (Å²) in [5, 5.41) is 10.6. The number of rotatable bonds is 7. The van der Waals surface area contributed by atoms with Gasteiger partial charge < -0.3 is 19.5 Å². The molecule has 1 aromatic carbocycles. The van der Waals surface area contributed by atoms with E-state index >= 15 is 0 Å². The fraction of sp³-hybridized carbons (Fsp3) is 0.650. The minimum atomic E-state index is -0.700. The van der Waals surface area contributed by atoms with Gasteiger partial charge in [-0.15, -0.1) is 0 Å². The Bertz CT molecular complexity index is 594. The molecule has 2 saturated heterocycles. The average molecular weight is 347 g/mol. The lowest BCUT2D eigenvalue weighted by atomic mass is 9.82. The van der Waals surface area contributed by atoms with Gasteiger partial charge in [-0.3, -0.25) is 4.79 Å². The molecule has 1 amide bonds. The molecule has 1 atom stereocenters. The number of likely N-dealkylation sites (tertiary alicyclic amines) is 1. The SMILES string of the molecule is CCCCC1(O)COC2(CN(C(=O)CCc3ccc(OC)cc3)C2)C1. The summed E-state index contributed by atoms with van der Waals surface area (Å²) in [4.78, 5) is 14.2. The van der Waals surface area contributed by atoms with Gasteiger partial charge in [0.25, 0.3) is 0 Å². The van der Waals surface area contributed by atoms with E-state index in [-0.39, 0.29) is 11.5 Å². The second-order valence-corrected chi connectivity index (χ2v) is 7.57. The van der Waals surface area contributed by atoms with Gasteiger partial charge >= 0.3 is 0 Å². The first-order valence-corrected chi connectivity index (χ1v) is 9.25. The lowest BCUT2D eigenvalue weighted by Crippen LogP contribution is -2.63. The molecule has 2 heterocycles. The number of ether oxygens (including phenoxy) is 2. The molecule has 5 nitrogen and oxygen atoms in total. The van der Waals surface area contributed by atoms with Crippen LogP contribution < -0.4 is 4.74 Å². The topological polar surface area (TPSA) is 59.0 Å². The van der Waals surface area contributed by atoms with Crippen molar-refractivity contribution in [3.63, 3.8) is 0 Å². The summed E-state index contributed by atoms with van der Waals surface area (Å²) < 4.78 is 11.0. The predicted octanol–water partition coefficient (Wildman–Crippen LogP) is 2.55. The van der Waals surface area contributed by atoms with Crippen LogP contribution in [0.4, 0.5) is 0 Å². The number of benzene rings is 1. The van der Waals surface area contributed by atoms with Crippen LogP contribution in [0.1, 0.15) is 44.6 Å². The molecule has 2 fully saturated rings. The number of aryl methyl sites for hydroxylation is 1. The van der Waals surface area contributed by atoms with Gasteiger partial charge in [0.2, 0.25) is 5.91 Å². The van der Waals surface area contributed by atoms with E-state index in [1.54, 1.807) is 7.11 Å². The summed E-state index contributed by atoms with van der Waals surface area (Å²) in [6.07, 6.45) is 4.76.